The quantitative estimate of drug-likeness (QED) is 0.858. The number of nitrogens with one attached hydrogen (secondary N) is 1. The smallest absolute Gasteiger partial charge is 0.321 e. The minimum Gasteiger partial charge on any atom is -0.493 e. The van der Waals surface area contributed by atoms with Gasteiger partial charge in [-0.25, -0.2) is 4.79 Å². The molecular weight excluding hydrogens is 366 g/mol. The number of anilines is 2. The maximum Gasteiger partial charge on any atom is 0.321 e. The number of hydrogen-bond donors (Lipinski definition) is 1. The number of methoxy groups -OCH3 is 2. The van der Waals surface area contributed by atoms with Gasteiger partial charge in [0.2, 0.25) is 0 Å². The number of ether oxygens (including phenoxy) is 2. The van der Waals surface area contributed by atoms with E-state index in [-0.39, 0.29) is 6.03 Å². The van der Waals surface area contributed by atoms with Crippen molar-refractivity contribution >= 4 is 29.0 Å². The van der Waals surface area contributed by atoms with Crippen LogP contribution in [-0.4, -0.2) is 51.3 Å². The summed E-state index contributed by atoms with van der Waals surface area (Å²) in [6.07, 6.45) is 0. The average molecular weight is 390 g/mol. The van der Waals surface area contributed by atoms with E-state index >= 15 is 0 Å². The highest BCUT2D eigenvalue weighted by Crippen LogP contribution is 2.32. The fraction of sp³-hybridized carbons (Fsp3) is 0.350. The molecule has 0 unspecified atom stereocenters. The molecule has 1 N–H and O–H groups in total. The normalized spacial score (nSPS) is 14.1. The van der Waals surface area contributed by atoms with Gasteiger partial charge in [0.15, 0.2) is 11.5 Å². The third-order valence-electron chi connectivity index (χ3n) is 4.72. The molecule has 0 aromatic heterocycles. The Labute approximate surface area is 164 Å². The Morgan fingerprint density at radius 2 is 1.70 bits per heavy atom. The van der Waals surface area contributed by atoms with Gasteiger partial charge in [0.25, 0.3) is 0 Å². The molecule has 27 heavy (non-hydrogen) atoms. The first-order valence-electron chi connectivity index (χ1n) is 8.81. The van der Waals surface area contributed by atoms with Gasteiger partial charge in [-0.2, -0.15) is 0 Å². The number of urea groups is 1. The highest BCUT2D eigenvalue weighted by Gasteiger charge is 2.22. The molecule has 3 rings (SSSR count). The number of aryl methyl sites for hydroxylation is 1. The topological polar surface area (TPSA) is 54.0 Å². The zero-order valence-corrected chi connectivity index (χ0v) is 16.5. The lowest BCUT2D eigenvalue weighted by molar-refractivity contribution is 0.208. The van der Waals surface area contributed by atoms with Crippen molar-refractivity contribution in [3.8, 4) is 11.5 Å². The Morgan fingerprint density at radius 1 is 1.00 bits per heavy atom. The van der Waals surface area contributed by atoms with Crippen molar-refractivity contribution in [2.24, 2.45) is 0 Å². The van der Waals surface area contributed by atoms with E-state index in [9.17, 15) is 4.79 Å². The van der Waals surface area contributed by atoms with Crippen molar-refractivity contribution in [2.75, 3.05) is 50.6 Å². The Bertz CT molecular complexity index is 820. The molecule has 1 fully saturated rings. The van der Waals surface area contributed by atoms with Crippen molar-refractivity contribution in [1.29, 1.82) is 0 Å². The highest BCUT2D eigenvalue weighted by atomic mass is 35.5. The summed E-state index contributed by atoms with van der Waals surface area (Å²) in [6, 6.07) is 11.3. The number of nitrogens with zero attached hydrogens (tertiary/aromatic N) is 2. The molecule has 0 saturated carbocycles. The van der Waals surface area contributed by atoms with Gasteiger partial charge in [-0.15, -0.1) is 0 Å². The van der Waals surface area contributed by atoms with Gasteiger partial charge < -0.3 is 24.6 Å². The Kier molecular flexibility index (Phi) is 5.96. The van der Waals surface area contributed by atoms with Crippen LogP contribution in [0.5, 0.6) is 11.5 Å². The first-order chi connectivity index (χ1) is 13.0. The lowest BCUT2D eigenvalue weighted by Gasteiger charge is -2.36. The minimum absolute atomic E-state index is 0.109. The van der Waals surface area contributed by atoms with Crippen LogP contribution >= 0.6 is 11.6 Å². The lowest BCUT2D eigenvalue weighted by Crippen LogP contribution is -2.50. The molecule has 2 amide bonds. The van der Waals surface area contributed by atoms with Crippen molar-refractivity contribution in [3.05, 3.63) is 47.0 Å². The lowest BCUT2D eigenvalue weighted by atomic mass is 10.2. The summed E-state index contributed by atoms with van der Waals surface area (Å²) in [4.78, 5) is 16.5. The summed E-state index contributed by atoms with van der Waals surface area (Å²) in [5.41, 5.74) is 2.74. The summed E-state index contributed by atoms with van der Waals surface area (Å²) < 4.78 is 10.7. The van der Waals surface area contributed by atoms with Gasteiger partial charge in [-0.05, 0) is 36.8 Å². The van der Waals surface area contributed by atoms with Crippen molar-refractivity contribution in [2.45, 2.75) is 6.92 Å². The van der Waals surface area contributed by atoms with Crippen LogP contribution in [0.1, 0.15) is 5.56 Å². The molecule has 0 radical (unpaired) electrons. The predicted octanol–water partition coefficient (Wildman–Crippen LogP) is 4.02. The van der Waals surface area contributed by atoms with Crippen LogP contribution in [0.4, 0.5) is 16.2 Å². The Hall–Kier alpha value is -2.60. The van der Waals surface area contributed by atoms with Crippen molar-refractivity contribution < 1.29 is 14.3 Å². The van der Waals surface area contributed by atoms with E-state index in [0.717, 1.165) is 24.3 Å². The molecule has 1 aliphatic heterocycles. The summed E-state index contributed by atoms with van der Waals surface area (Å²) in [6.45, 7) is 4.70. The number of benzene rings is 2. The summed E-state index contributed by atoms with van der Waals surface area (Å²) in [5.74, 6) is 1.41. The molecule has 6 nitrogen and oxygen atoms in total. The minimum atomic E-state index is -0.109. The highest BCUT2D eigenvalue weighted by molar-refractivity contribution is 6.31. The Morgan fingerprint density at radius 3 is 2.33 bits per heavy atom. The van der Waals surface area contributed by atoms with Gasteiger partial charge in [-0.1, -0.05) is 17.7 Å². The predicted molar refractivity (Wildman–Crippen MR) is 109 cm³/mol. The first-order valence-corrected chi connectivity index (χ1v) is 9.18. The standard InChI is InChI=1S/C20H24ClN3O3/c1-14-4-5-15(12-17(14)21)22-20(25)24-10-8-23(9-11-24)16-6-7-18(26-2)19(13-16)27-3/h4-7,12-13H,8-11H2,1-3H3,(H,22,25). The summed E-state index contributed by atoms with van der Waals surface area (Å²) in [5, 5.41) is 3.56. The van der Waals surface area contributed by atoms with Crippen molar-refractivity contribution in [3.63, 3.8) is 0 Å². The molecule has 1 heterocycles. The molecule has 2 aromatic carbocycles. The van der Waals surface area contributed by atoms with Gasteiger partial charge in [-0.3, -0.25) is 0 Å². The van der Waals surface area contributed by atoms with E-state index in [1.807, 2.05) is 42.2 Å². The van der Waals surface area contributed by atoms with Crippen LogP contribution in [0.3, 0.4) is 0 Å². The fourth-order valence-electron chi connectivity index (χ4n) is 3.06. The van der Waals surface area contributed by atoms with Crippen LogP contribution in [0.2, 0.25) is 5.02 Å². The molecule has 2 aromatic rings. The number of halogens is 1. The fourth-order valence-corrected chi connectivity index (χ4v) is 3.24. The molecule has 0 spiro atoms. The van der Waals surface area contributed by atoms with E-state index in [4.69, 9.17) is 21.1 Å². The molecule has 1 aliphatic rings. The summed E-state index contributed by atoms with van der Waals surface area (Å²) >= 11 is 6.13. The Balaban J connectivity index is 1.59. The van der Waals surface area contributed by atoms with Gasteiger partial charge in [0.05, 0.1) is 14.2 Å². The van der Waals surface area contributed by atoms with E-state index in [2.05, 4.69) is 10.2 Å². The van der Waals surface area contributed by atoms with E-state index in [1.165, 1.54) is 0 Å². The zero-order chi connectivity index (χ0) is 19.4. The third-order valence-corrected chi connectivity index (χ3v) is 5.13. The van der Waals surface area contributed by atoms with Crippen LogP contribution in [0, 0.1) is 6.92 Å². The molecule has 0 aliphatic carbocycles. The molecule has 0 atom stereocenters. The zero-order valence-electron chi connectivity index (χ0n) is 15.8. The van der Waals surface area contributed by atoms with E-state index in [0.29, 0.717) is 35.3 Å². The largest absolute Gasteiger partial charge is 0.493 e. The van der Waals surface area contributed by atoms with Crippen LogP contribution in [0.25, 0.3) is 0 Å². The molecule has 7 heteroatoms. The van der Waals surface area contributed by atoms with E-state index < -0.39 is 0 Å². The molecule has 0 bridgehead atoms. The number of piperazine rings is 1. The second-order valence-corrected chi connectivity index (χ2v) is 6.81. The number of rotatable bonds is 4. The molecule has 1 saturated heterocycles. The van der Waals surface area contributed by atoms with Crippen LogP contribution in [0.15, 0.2) is 36.4 Å². The summed E-state index contributed by atoms with van der Waals surface area (Å²) in [7, 11) is 3.25. The first kappa shape index (κ1) is 19.2. The maximum absolute atomic E-state index is 12.5. The second kappa shape index (κ2) is 8.39. The number of amides is 2. The number of carbonyl (C=O) groups excluding carboxylic acids is 1. The average Bonchev–Trinajstić information content (AvgIpc) is 2.70. The third kappa shape index (κ3) is 4.39. The SMILES string of the molecule is COc1ccc(N2CCN(C(=O)Nc3ccc(C)c(Cl)c3)CC2)cc1OC. The molecular formula is C20H24ClN3O3. The van der Waals surface area contributed by atoms with Crippen LogP contribution in [-0.2, 0) is 0 Å². The van der Waals surface area contributed by atoms with E-state index in [1.54, 1.807) is 20.3 Å². The number of hydrogen-bond acceptors (Lipinski definition) is 4. The van der Waals surface area contributed by atoms with Crippen molar-refractivity contribution in [1.82, 2.24) is 4.90 Å². The van der Waals surface area contributed by atoms with Crippen LogP contribution < -0.4 is 19.7 Å². The maximum atomic E-state index is 12.5. The van der Waals surface area contributed by atoms with Gasteiger partial charge in [0, 0.05) is 48.6 Å². The molecule has 144 valence electrons. The van der Waals surface area contributed by atoms with Gasteiger partial charge in [0.1, 0.15) is 0 Å². The van der Waals surface area contributed by atoms with Gasteiger partial charge >= 0.3 is 6.03 Å². The monoisotopic (exact) mass is 389 g/mol. The second-order valence-electron chi connectivity index (χ2n) is 6.41. The number of carbonyl (C=O) groups is 1.